The Morgan fingerprint density at radius 3 is 2.27 bits per heavy atom. The van der Waals surface area contributed by atoms with Crippen LogP contribution in [0, 0.1) is 25.7 Å². The number of hydrogen-bond acceptors (Lipinski definition) is 3. The first kappa shape index (κ1) is 15.4. The van der Waals surface area contributed by atoms with Crippen molar-refractivity contribution in [2.45, 2.75) is 71.3 Å². The van der Waals surface area contributed by atoms with Crippen LogP contribution in [0.4, 0.5) is 0 Å². The largest absolute Gasteiger partial charge is 0.349 e. The third kappa shape index (κ3) is 3.31. The first-order valence-corrected chi connectivity index (χ1v) is 8.76. The molecular weight excluding hydrogens is 274 g/mol. The molecule has 2 aliphatic carbocycles. The van der Waals surface area contributed by atoms with Crippen molar-refractivity contribution >= 4 is 5.91 Å². The molecule has 1 N–H and O–H groups in total. The zero-order valence-corrected chi connectivity index (χ0v) is 13.8. The molecule has 1 amide bonds. The predicted molar refractivity (Wildman–Crippen MR) is 86.7 cm³/mol. The highest BCUT2D eigenvalue weighted by Gasteiger charge is 2.35. The minimum Gasteiger partial charge on any atom is -0.349 e. The monoisotopic (exact) mass is 301 g/mol. The Morgan fingerprint density at radius 1 is 1.09 bits per heavy atom. The normalized spacial score (nSPS) is 21.2. The van der Waals surface area contributed by atoms with Gasteiger partial charge in [0, 0.05) is 12.2 Å². The van der Waals surface area contributed by atoms with E-state index in [0.717, 1.165) is 11.5 Å². The summed E-state index contributed by atoms with van der Waals surface area (Å²) in [6.45, 7) is 3.75. The van der Waals surface area contributed by atoms with Crippen LogP contribution >= 0.6 is 0 Å². The lowest BCUT2D eigenvalue weighted by Gasteiger charge is -2.40. The van der Waals surface area contributed by atoms with Gasteiger partial charge in [0.1, 0.15) is 5.82 Å². The second kappa shape index (κ2) is 6.76. The molecule has 0 bridgehead atoms. The average molecular weight is 301 g/mol. The topological polar surface area (TPSA) is 54.9 Å². The maximum absolute atomic E-state index is 12.7. The van der Waals surface area contributed by atoms with Gasteiger partial charge in [0.2, 0.25) is 0 Å². The molecule has 0 aliphatic heterocycles. The summed E-state index contributed by atoms with van der Waals surface area (Å²) in [6.07, 6.45) is 12.0. The zero-order chi connectivity index (χ0) is 15.5. The Kier molecular flexibility index (Phi) is 4.74. The van der Waals surface area contributed by atoms with Crippen molar-refractivity contribution < 1.29 is 4.79 Å². The summed E-state index contributed by atoms with van der Waals surface area (Å²) in [5.74, 6) is 2.07. The van der Waals surface area contributed by atoms with E-state index in [4.69, 9.17) is 0 Å². The van der Waals surface area contributed by atoms with E-state index in [2.05, 4.69) is 15.3 Å². The fraction of sp³-hybridized carbons (Fsp3) is 0.722. The van der Waals surface area contributed by atoms with E-state index in [1.54, 1.807) is 6.20 Å². The maximum Gasteiger partial charge on any atom is 0.254 e. The molecule has 2 fully saturated rings. The van der Waals surface area contributed by atoms with Crippen LogP contribution in [0.1, 0.15) is 73.2 Å². The lowest BCUT2D eigenvalue weighted by molar-refractivity contribution is 0.0829. The lowest BCUT2D eigenvalue weighted by atomic mass is 9.71. The molecule has 1 aromatic rings. The molecular formula is C18H27N3O. The number of nitrogens with zero attached hydrogens (tertiary/aromatic N) is 2. The molecule has 0 saturated heterocycles. The third-order valence-corrected chi connectivity index (χ3v) is 5.46. The number of nitrogens with one attached hydrogen (secondary N) is 1. The van der Waals surface area contributed by atoms with Gasteiger partial charge in [-0.05, 0) is 51.4 Å². The quantitative estimate of drug-likeness (QED) is 0.925. The van der Waals surface area contributed by atoms with Crippen molar-refractivity contribution in [3.63, 3.8) is 0 Å². The zero-order valence-electron chi connectivity index (χ0n) is 13.8. The number of amides is 1. The van der Waals surface area contributed by atoms with Gasteiger partial charge in [-0.2, -0.15) is 0 Å². The Morgan fingerprint density at radius 2 is 1.73 bits per heavy atom. The summed E-state index contributed by atoms with van der Waals surface area (Å²) in [7, 11) is 0. The van der Waals surface area contributed by atoms with Gasteiger partial charge in [-0.25, -0.2) is 9.97 Å². The molecule has 2 saturated carbocycles. The van der Waals surface area contributed by atoms with Crippen LogP contribution in [-0.2, 0) is 0 Å². The molecule has 1 aromatic heterocycles. The summed E-state index contributed by atoms with van der Waals surface area (Å²) in [5, 5.41) is 3.35. The maximum atomic E-state index is 12.7. The molecule has 3 rings (SSSR count). The minimum atomic E-state index is 0.0139. The summed E-state index contributed by atoms with van der Waals surface area (Å²) in [5.41, 5.74) is 1.41. The van der Waals surface area contributed by atoms with E-state index in [0.29, 0.717) is 23.4 Å². The van der Waals surface area contributed by atoms with Crippen molar-refractivity contribution in [3.05, 3.63) is 23.3 Å². The highest BCUT2D eigenvalue weighted by atomic mass is 16.1. The molecule has 1 unspecified atom stereocenters. The number of carbonyl (C=O) groups excluding carboxylic acids is 1. The van der Waals surface area contributed by atoms with Crippen LogP contribution in [0.25, 0.3) is 0 Å². The van der Waals surface area contributed by atoms with Crippen molar-refractivity contribution in [1.82, 2.24) is 15.3 Å². The van der Waals surface area contributed by atoms with Gasteiger partial charge in [-0.1, -0.05) is 25.7 Å². The molecule has 2 aliphatic rings. The molecule has 4 heteroatoms. The average Bonchev–Trinajstić information content (AvgIpc) is 2.45. The first-order valence-electron chi connectivity index (χ1n) is 8.76. The van der Waals surface area contributed by atoms with Crippen LogP contribution < -0.4 is 5.32 Å². The van der Waals surface area contributed by atoms with Crippen LogP contribution in [0.2, 0.25) is 0 Å². The summed E-state index contributed by atoms with van der Waals surface area (Å²) >= 11 is 0. The van der Waals surface area contributed by atoms with Crippen molar-refractivity contribution in [1.29, 1.82) is 0 Å². The molecule has 22 heavy (non-hydrogen) atoms. The summed E-state index contributed by atoms with van der Waals surface area (Å²) in [4.78, 5) is 21.2. The van der Waals surface area contributed by atoms with E-state index in [9.17, 15) is 4.79 Å². The summed E-state index contributed by atoms with van der Waals surface area (Å²) < 4.78 is 0. The summed E-state index contributed by atoms with van der Waals surface area (Å²) in [6, 6.07) is 0.349. The molecule has 0 aromatic carbocycles. The second-order valence-corrected chi connectivity index (χ2v) is 7.00. The third-order valence-electron chi connectivity index (χ3n) is 5.46. The van der Waals surface area contributed by atoms with Gasteiger partial charge in [-0.15, -0.1) is 0 Å². The fourth-order valence-corrected chi connectivity index (χ4v) is 3.95. The first-order chi connectivity index (χ1) is 10.6. The van der Waals surface area contributed by atoms with Gasteiger partial charge >= 0.3 is 0 Å². The highest BCUT2D eigenvalue weighted by Crippen LogP contribution is 2.38. The van der Waals surface area contributed by atoms with Crippen LogP contribution in [-0.4, -0.2) is 21.9 Å². The van der Waals surface area contributed by atoms with Crippen LogP contribution in [0.5, 0.6) is 0 Å². The smallest absolute Gasteiger partial charge is 0.254 e. The Balaban J connectivity index is 1.72. The Labute approximate surface area is 133 Å². The van der Waals surface area contributed by atoms with E-state index < -0.39 is 0 Å². The molecule has 0 spiro atoms. The van der Waals surface area contributed by atoms with Gasteiger partial charge in [-0.3, -0.25) is 4.79 Å². The van der Waals surface area contributed by atoms with Gasteiger partial charge < -0.3 is 5.32 Å². The van der Waals surface area contributed by atoms with Gasteiger partial charge in [0.15, 0.2) is 0 Å². The molecule has 0 radical (unpaired) electrons. The lowest BCUT2D eigenvalue weighted by Crippen LogP contribution is -2.48. The molecule has 1 atom stereocenters. The van der Waals surface area contributed by atoms with Gasteiger partial charge in [0.05, 0.1) is 11.3 Å². The predicted octanol–water partition coefficient (Wildman–Crippen LogP) is 3.57. The van der Waals surface area contributed by atoms with E-state index in [1.807, 2.05) is 13.8 Å². The number of aromatic nitrogens is 2. The van der Waals surface area contributed by atoms with E-state index in [1.165, 1.54) is 51.4 Å². The number of hydrogen-bond donors (Lipinski definition) is 1. The molecule has 4 nitrogen and oxygen atoms in total. The SMILES string of the molecule is Cc1ncc(C(=O)NC(C2CCCCC2)C2CCC2)c(C)n1. The second-order valence-electron chi connectivity index (χ2n) is 7.00. The fourth-order valence-electron chi connectivity index (χ4n) is 3.95. The van der Waals surface area contributed by atoms with Crippen molar-refractivity contribution in [2.24, 2.45) is 11.8 Å². The van der Waals surface area contributed by atoms with Crippen LogP contribution in [0.3, 0.4) is 0 Å². The van der Waals surface area contributed by atoms with E-state index >= 15 is 0 Å². The van der Waals surface area contributed by atoms with Crippen molar-refractivity contribution in [2.75, 3.05) is 0 Å². The molecule has 1 heterocycles. The Hall–Kier alpha value is -1.45. The standard InChI is InChI=1S/C18H27N3O/c1-12-16(11-19-13(2)20-12)18(22)21-17(15-9-6-10-15)14-7-4-3-5-8-14/h11,14-15,17H,3-10H2,1-2H3,(H,21,22). The minimum absolute atomic E-state index is 0.0139. The molecule has 120 valence electrons. The highest BCUT2D eigenvalue weighted by molar-refractivity contribution is 5.95. The number of carbonyl (C=O) groups is 1. The Bertz CT molecular complexity index is 533. The van der Waals surface area contributed by atoms with E-state index in [-0.39, 0.29) is 5.91 Å². The number of rotatable bonds is 4. The van der Waals surface area contributed by atoms with Crippen LogP contribution in [0.15, 0.2) is 6.20 Å². The van der Waals surface area contributed by atoms with Gasteiger partial charge in [0.25, 0.3) is 5.91 Å². The van der Waals surface area contributed by atoms with Crippen molar-refractivity contribution in [3.8, 4) is 0 Å². The number of aryl methyl sites for hydroxylation is 2.